The highest BCUT2D eigenvalue weighted by Gasteiger charge is 2.08. The van der Waals surface area contributed by atoms with Crippen LogP contribution in [0.3, 0.4) is 0 Å². The van der Waals surface area contributed by atoms with Crippen molar-refractivity contribution in [1.29, 1.82) is 0 Å². The number of oxazole rings is 1. The molecule has 3 rings (SSSR count). The molecule has 6 heteroatoms. The van der Waals surface area contributed by atoms with Gasteiger partial charge in [-0.15, -0.1) is 0 Å². The number of hydrogen-bond acceptors (Lipinski definition) is 5. The second kappa shape index (κ2) is 4.33. The zero-order valence-corrected chi connectivity index (χ0v) is 10.3. The SMILES string of the molecule is Cn1c(=O)oc2cc(-c3ccnc(CN)n3)ccc21. The van der Waals surface area contributed by atoms with Crippen LogP contribution in [0.25, 0.3) is 22.4 Å². The van der Waals surface area contributed by atoms with E-state index in [-0.39, 0.29) is 12.3 Å². The summed E-state index contributed by atoms with van der Waals surface area (Å²) in [5, 5.41) is 0. The number of nitrogens with two attached hydrogens (primary N) is 1. The van der Waals surface area contributed by atoms with Gasteiger partial charge in [0.1, 0.15) is 5.82 Å². The van der Waals surface area contributed by atoms with E-state index in [1.54, 1.807) is 25.4 Å². The summed E-state index contributed by atoms with van der Waals surface area (Å²) in [4.78, 5) is 19.8. The van der Waals surface area contributed by atoms with E-state index in [0.717, 1.165) is 16.8 Å². The topological polar surface area (TPSA) is 86.9 Å². The van der Waals surface area contributed by atoms with Gasteiger partial charge in [-0.1, -0.05) is 6.07 Å². The van der Waals surface area contributed by atoms with Crippen molar-refractivity contribution in [3.63, 3.8) is 0 Å². The van der Waals surface area contributed by atoms with E-state index in [0.29, 0.717) is 11.4 Å². The molecule has 2 aromatic heterocycles. The highest BCUT2D eigenvalue weighted by atomic mass is 16.4. The highest BCUT2D eigenvalue weighted by molar-refractivity contribution is 5.79. The summed E-state index contributed by atoms with van der Waals surface area (Å²) in [7, 11) is 1.67. The Morgan fingerprint density at radius 3 is 3.00 bits per heavy atom. The first-order valence-electron chi connectivity index (χ1n) is 5.81. The number of nitrogens with zero attached hydrogens (tertiary/aromatic N) is 3. The van der Waals surface area contributed by atoms with Gasteiger partial charge in [-0.05, 0) is 18.2 Å². The van der Waals surface area contributed by atoms with Crippen molar-refractivity contribution in [2.45, 2.75) is 6.54 Å². The molecule has 0 atom stereocenters. The Morgan fingerprint density at radius 2 is 2.21 bits per heavy atom. The molecule has 0 bridgehead atoms. The lowest BCUT2D eigenvalue weighted by Gasteiger charge is -2.02. The predicted octanol–water partition coefficient (Wildman–Crippen LogP) is 1.05. The average molecular weight is 256 g/mol. The molecule has 0 saturated carbocycles. The van der Waals surface area contributed by atoms with E-state index < -0.39 is 0 Å². The minimum atomic E-state index is -0.377. The molecule has 0 radical (unpaired) electrons. The summed E-state index contributed by atoms with van der Waals surface area (Å²) in [6.07, 6.45) is 1.66. The molecule has 0 fully saturated rings. The van der Waals surface area contributed by atoms with Crippen LogP contribution in [0.5, 0.6) is 0 Å². The van der Waals surface area contributed by atoms with Crippen molar-refractivity contribution in [2.24, 2.45) is 12.8 Å². The summed E-state index contributed by atoms with van der Waals surface area (Å²) in [6.45, 7) is 0.288. The van der Waals surface area contributed by atoms with Crippen LogP contribution >= 0.6 is 0 Å². The second-order valence-electron chi connectivity index (χ2n) is 4.17. The van der Waals surface area contributed by atoms with Gasteiger partial charge in [0, 0.05) is 18.8 Å². The Kier molecular flexibility index (Phi) is 2.64. The number of aryl methyl sites for hydroxylation is 1. The standard InChI is InChI=1S/C13H12N4O2/c1-17-10-3-2-8(6-11(10)19-13(17)18)9-4-5-15-12(7-14)16-9/h2-6H,7,14H2,1H3. The van der Waals surface area contributed by atoms with Crippen LogP contribution < -0.4 is 11.5 Å². The van der Waals surface area contributed by atoms with Gasteiger partial charge in [0.2, 0.25) is 0 Å². The minimum absolute atomic E-state index is 0.288. The van der Waals surface area contributed by atoms with Crippen molar-refractivity contribution in [1.82, 2.24) is 14.5 Å². The fourth-order valence-electron chi connectivity index (χ4n) is 1.95. The van der Waals surface area contributed by atoms with Gasteiger partial charge in [0.05, 0.1) is 17.8 Å². The number of aromatic nitrogens is 3. The largest absolute Gasteiger partial charge is 0.419 e. The van der Waals surface area contributed by atoms with Crippen LogP contribution in [0.2, 0.25) is 0 Å². The molecule has 0 amide bonds. The van der Waals surface area contributed by atoms with E-state index in [4.69, 9.17) is 10.2 Å². The number of rotatable bonds is 2. The third-order valence-electron chi connectivity index (χ3n) is 2.98. The van der Waals surface area contributed by atoms with E-state index in [1.165, 1.54) is 4.57 Å². The summed E-state index contributed by atoms with van der Waals surface area (Å²) in [5.74, 6) is 0.199. The van der Waals surface area contributed by atoms with Crippen molar-refractivity contribution in [3.05, 3.63) is 46.8 Å². The number of benzene rings is 1. The molecular formula is C13H12N4O2. The van der Waals surface area contributed by atoms with Crippen LogP contribution in [0.15, 0.2) is 39.7 Å². The van der Waals surface area contributed by atoms with Crippen LogP contribution in [0.1, 0.15) is 5.82 Å². The lowest BCUT2D eigenvalue weighted by atomic mass is 10.1. The third kappa shape index (κ3) is 1.92. The maximum absolute atomic E-state index is 11.4. The summed E-state index contributed by atoms with van der Waals surface area (Å²) >= 11 is 0. The Bertz CT molecular complexity index is 804. The monoisotopic (exact) mass is 256 g/mol. The van der Waals surface area contributed by atoms with Crippen molar-refractivity contribution >= 4 is 11.1 Å². The molecule has 0 aliphatic carbocycles. The van der Waals surface area contributed by atoms with Gasteiger partial charge in [-0.3, -0.25) is 4.57 Å². The van der Waals surface area contributed by atoms with Crippen LogP contribution in [-0.4, -0.2) is 14.5 Å². The number of hydrogen-bond donors (Lipinski definition) is 1. The molecule has 6 nitrogen and oxygen atoms in total. The van der Waals surface area contributed by atoms with Gasteiger partial charge in [-0.25, -0.2) is 14.8 Å². The third-order valence-corrected chi connectivity index (χ3v) is 2.98. The van der Waals surface area contributed by atoms with Gasteiger partial charge in [-0.2, -0.15) is 0 Å². The fraction of sp³-hybridized carbons (Fsp3) is 0.154. The van der Waals surface area contributed by atoms with Crippen LogP contribution in [0.4, 0.5) is 0 Å². The smallest absolute Gasteiger partial charge is 0.408 e. The molecule has 0 aliphatic rings. The quantitative estimate of drug-likeness (QED) is 0.740. The maximum Gasteiger partial charge on any atom is 0.419 e. The Hall–Kier alpha value is -2.47. The summed E-state index contributed by atoms with van der Waals surface area (Å²) < 4.78 is 6.62. The minimum Gasteiger partial charge on any atom is -0.408 e. The first-order valence-corrected chi connectivity index (χ1v) is 5.81. The number of fused-ring (bicyclic) bond motifs is 1. The summed E-state index contributed by atoms with van der Waals surface area (Å²) in [5.41, 5.74) is 8.43. The zero-order chi connectivity index (χ0) is 13.4. The summed E-state index contributed by atoms with van der Waals surface area (Å²) in [6, 6.07) is 7.31. The lowest BCUT2D eigenvalue weighted by molar-refractivity contribution is 0.528. The molecule has 96 valence electrons. The van der Waals surface area contributed by atoms with Gasteiger partial charge in [0.15, 0.2) is 5.58 Å². The first kappa shape index (κ1) is 11.6. The normalized spacial score (nSPS) is 11.1. The average Bonchev–Trinajstić information content (AvgIpc) is 2.73. The van der Waals surface area contributed by atoms with Crippen LogP contribution in [-0.2, 0) is 13.6 Å². The van der Waals surface area contributed by atoms with E-state index in [9.17, 15) is 4.79 Å². The molecule has 0 spiro atoms. The van der Waals surface area contributed by atoms with Gasteiger partial charge >= 0.3 is 5.76 Å². The molecule has 2 N–H and O–H groups in total. The molecular weight excluding hydrogens is 244 g/mol. The van der Waals surface area contributed by atoms with E-state index >= 15 is 0 Å². The molecule has 3 aromatic rings. The first-order chi connectivity index (χ1) is 9.19. The fourth-order valence-corrected chi connectivity index (χ4v) is 1.95. The highest BCUT2D eigenvalue weighted by Crippen LogP contribution is 2.22. The van der Waals surface area contributed by atoms with Crippen molar-refractivity contribution in [3.8, 4) is 11.3 Å². The lowest BCUT2D eigenvalue weighted by Crippen LogP contribution is -2.08. The molecule has 1 aromatic carbocycles. The Labute approximate surface area is 108 Å². The molecule has 19 heavy (non-hydrogen) atoms. The predicted molar refractivity (Wildman–Crippen MR) is 70.4 cm³/mol. The molecule has 0 unspecified atom stereocenters. The molecule has 0 saturated heterocycles. The Morgan fingerprint density at radius 1 is 1.37 bits per heavy atom. The van der Waals surface area contributed by atoms with E-state index in [1.807, 2.05) is 12.1 Å². The molecule has 2 heterocycles. The van der Waals surface area contributed by atoms with Crippen molar-refractivity contribution in [2.75, 3.05) is 0 Å². The maximum atomic E-state index is 11.4. The van der Waals surface area contributed by atoms with Gasteiger partial charge in [0.25, 0.3) is 0 Å². The van der Waals surface area contributed by atoms with Crippen LogP contribution in [0, 0.1) is 0 Å². The van der Waals surface area contributed by atoms with Gasteiger partial charge < -0.3 is 10.2 Å². The Balaban J connectivity index is 2.17. The van der Waals surface area contributed by atoms with Crippen molar-refractivity contribution < 1.29 is 4.42 Å². The van der Waals surface area contributed by atoms with E-state index in [2.05, 4.69) is 9.97 Å². The second-order valence-corrected chi connectivity index (χ2v) is 4.17. The molecule has 0 aliphatic heterocycles. The zero-order valence-electron chi connectivity index (χ0n) is 10.3.